The number of carbonyl (C=O) groups is 2. The molecule has 3 unspecified atom stereocenters. The van der Waals surface area contributed by atoms with Crippen molar-refractivity contribution in [2.24, 2.45) is 17.6 Å². The summed E-state index contributed by atoms with van der Waals surface area (Å²) in [4.78, 5) is 23.2. The summed E-state index contributed by atoms with van der Waals surface area (Å²) < 4.78 is 13.4. The van der Waals surface area contributed by atoms with Crippen LogP contribution in [0.5, 0.6) is 0 Å². The molecule has 0 aromatic rings. The molecule has 0 radical (unpaired) electrons. The molecular formula is C12H14ClFN2O2. The molecule has 0 aromatic carbocycles. The number of rotatable bonds is 1. The number of amides is 1. The number of nitrogens with one attached hydrogen (secondary N) is 1. The zero-order valence-corrected chi connectivity index (χ0v) is 10.6. The van der Waals surface area contributed by atoms with E-state index < -0.39 is 23.7 Å². The Balaban J connectivity index is 2.26. The lowest BCUT2D eigenvalue weighted by molar-refractivity contribution is -0.131. The molecule has 2 rings (SSSR count). The van der Waals surface area contributed by atoms with E-state index in [4.69, 9.17) is 17.3 Å². The van der Waals surface area contributed by atoms with E-state index in [2.05, 4.69) is 5.32 Å². The molecule has 2 aliphatic rings. The van der Waals surface area contributed by atoms with E-state index in [-0.39, 0.29) is 22.4 Å². The summed E-state index contributed by atoms with van der Waals surface area (Å²) in [5.74, 6) is -2.04. The van der Waals surface area contributed by atoms with Gasteiger partial charge in [-0.15, -0.1) is 0 Å². The third-order valence-electron chi connectivity index (χ3n) is 3.40. The second-order valence-electron chi connectivity index (χ2n) is 4.66. The van der Waals surface area contributed by atoms with Crippen molar-refractivity contribution >= 4 is 23.3 Å². The summed E-state index contributed by atoms with van der Waals surface area (Å²) in [5.41, 5.74) is 5.90. The molecular weight excluding hydrogens is 259 g/mol. The molecule has 4 nitrogen and oxygen atoms in total. The first-order valence-electron chi connectivity index (χ1n) is 5.75. The number of ketones is 1. The van der Waals surface area contributed by atoms with Gasteiger partial charge in [-0.2, -0.15) is 0 Å². The average molecular weight is 273 g/mol. The predicted octanol–water partition coefficient (Wildman–Crippen LogP) is 1.36. The third-order valence-corrected chi connectivity index (χ3v) is 3.86. The number of carbonyl (C=O) groups excluding carboxylic acids is 2. The fraction of sp³-hybridized carbons (Fsp3) is 0.500. The van der Waals surface area contributed by atoms with Crippen LogP contribution in [0.25, 0.3) is 0 Å². The lowest BCUT2D eigenvalue weighted by atomic mass is 9.72. The highest BCUT2D eigenvalue weighted by atomic mass is 35.5. The van der Waals surface area contributed by atoms with Crippen LogP contribution in [0, 0.1) is 11.8 Å². The van der Waals surface area contributed by atoms with Crippen molar-refractivity contribution in [3.05, 3.63) is 22.6 Å². The maximum absolute atomic E-state index is 13.4. The molecule has 0 saturated heterocycles. The van der Waals surface area contributed by atoms with Crippen LogP contribution in [0.3, 0.4) is 0 Å². The highest BCUT2D eigenvalue weighted by Crippen LogP contribution is 2.42. The molecule has 1 saturated carbocycles. The monoisotopic (exact) mass is 272 g/mol. The summed E-state index contributed by atoms with van der Waals surface area (Å²) >= 11 is 5.89. The first kappa shape index (κ1) is 13.1. The predicted molar refractivity (Wildman–Crippen MR) is 65.1 cm³/mol. The van der Waals surface area contributed by atoms with Gasteiger partial charge in [0.25, 0.3) is 0 Å². The summed E-state index contributed by atoms with van der Waals surface area (Å²) in [6, 6.07) is -0.554. The van der Waals surface area contributed by atoms with Crippen LogP contribution in [0.4, 0.5) is 4.39 Å². The summed E-state index contributed by atoms with van der Waals surface area (Å²) in [6.45, 7) is 1.35. The highest BCUT2D eigenvalue weighted by molar-refractivity contribution is 6.30. The third kappa shape index (κ3) is 2.14. The second-order valence-corrected chi connectivity index (χ2v) is 5.06. The Morgan fingerprint density at radius 2 is 2.22 bits per heavy atom. The van der Waals surface area contributed by atoms with Gasteiger partial charge < -0.3 is 11.1 Å². The minimum atomic E-state index is -0.623. The minimum absolute atomic E-state index is 0.0591. The van der Waals surface area contributed by atoms with Crippen LogP contribution in [-0.4, -0.2) is 17.7 Å². The van der Waals surface area contributed by atoms with Gasteiger partial charge in [0.1, 0.15) is 5.83 Å². The van der Waals surface area contributed by atoms with Crippen molar-refractivity contribution in [3.8, 4) is 0 Å². The molecule has 18 heavy (non-hydrogen) atoms. The summed E-state index contributed by atoms with van der Waals surface area (Å²) in [6.07, 6.45) is 2.08. The van der Waals surface area contributed by atoms with Gasteiger partial charge in [0, 0.05) is 18.5 Å². The van der Waals surface area contributed by atoms with E-state index in [1.54, 1.807) is 0 Å². The van der Waals surface area contributed by atoms with Crippen molar-refractivity contribution in [2.75, 3.05) is 0 Å². The van der Waals surface area contributed by atoms with Crippen LogP contribution in [0.15, 0.2) is 22.6 Å². The highest BCUT2D eigenvalue weighted by Gasteiger charge is 2.43. The lowest BCUT2D eigenvalue weighted by Crippen LogP contribution is -2.50. The Labute approximate surface area is 109 Å². The van der Waals surface area contributed by atoms with Gasteiger partial charge in [-0.1, -0.05) is 11.6 Å². The Bertz CT molecular complexity index is 473. The van der Waals surface area contributed by atoms with E-state index in [0.29, 0.717) is 12.8 Å². The van der Waals surface area contributed by atoms with Gasteiger partial charge in [0.2, 0.25) is 5.91 Å². The first-order chi connectivity index (χ1) is 8.41. The largest absolute Gasteiger partial charge is 0.401 e. The standard InChI is InChI=1S/C12H14ClFN2O2/c1-5(17)16-9-3-2-6-10(12(9)18)8(15)4-7(14)11(6)13/h4,6,9-10H,2-3,15H2,1H3,(H,16,17). The SMILES string of the molecule is CC(=O)NC1CCC2C(Cl)=C(F)C=C(N)C2C1=O. The summed E-state index contributed by atoms with van der Waals surface area (Å²) in [5, 5.41) is 2.65. The Morgan fingerprint density at radius 1 is 1.56 bits per heavy atom. The van der Waals surface area contributed by atoms with Crippen LogP contribution in [0.2, 0.25) is 0 Å². The zero-order chi connectivity index (χ0) is 13.4. The van der Waals surface area contributed by atoms with Gasteiger partial charge in [-0.3, -0.25) is 9.59 Å². The topological polar surface area (TPSA) is 72.2 Å². The van der Waals surface area contributed by atoms with Crippen LogP contribution >= 0.6 is 11.6 Å². The van der Waals surface area contributed by atoms with E-state index in [1.807, 2.05) is 0 Å². The van der Waals surface area contributed by atoms with Crippen LogP contribution < -0.4 is 11.1 Å². The molecule has 3 atom stereocenters. The van der Waals surface area contributed by atoms with Gasteiger partial charge in [0.15, 0.2) is 5.78 Å². The molecule has 1 amide bonds. The van der Waals surface area contributed by atoms with E-state index in [9.17, 15) is 14.0 Å². The number of hydrogen-bond acceptors (Lipinski definition) is 3. The number of nitrogens with two attached hydrogens (primary N) is 1. The quantitative estimate of drug-likeness (QED) is 0.757. The van der Waals surface area contributed by atoms with Gasteiger partial charge in [-0.25, -0.2) is 4.39 Å². The van der Waals surface area contributed by atoms with Gasteiger partial charge in [0.05, 0.1) is 17.0 Å². The lowest BCUT2D eigenvalue weighted by Gasteiger charge is -2.37. The molecule has 0 spiro atoms. The number of halogens is 2. The minimum Gasteiger partial charge on any atom is -0.401 e. The van der Waals surface area contributed by atoms with E-state index in [0.717, 1.165) is 6.08 Å². The maximum Gasteiger partial charge on any atom is 0.217 e. The van der Waals surface area contributed by atoms with Crippen molar-refractivity contribution in [3.63, 3.8) is 0 Å². The molecule has 0 aliphatic heterocycles. The molecule has 0 heterocycles. The van der Waals surface area contributed by atoms with E-state index in [1.165, 1.54) is 6.92 Å². The number of Topliss-reactive ketones (excluding diaryl/α,β-unsaturated/α-hetero) is 1. The number of allylic oxidation sites excluding steroid dienone is 4. The van der Waals surface area contributed by atoms with Gasteiger partial charge >= 0.3 is 0 Å². The normalized spacial score (nSPS) is 31.8. The molecule has 98 valence electrons. The zero-order valence-electron chi connectivity index (χ0n) is 9.87. The van der Waals surface area contributed by atoms with Crippen molar-refractivity contribution < 1.29 is 14.0 Å². The molecule has 6 heteroatoms. The van der Waals surface area contributed by atoms with Crippen LogP contribution in [-0.2, 0) is 9.59 Å². The fourth-order valence-electron chi connectivity index (χ4n) is 2.61. The Hall–Kier alpha value is -1.36. The second kappa shape index (κ2) is 4.72. The fourth-order valence-corrected chi connectivity index (χ4v) is 2.90. The number of fused-ring (bicyclic) bond motifs is 1. The molecule has 2 aliphatic carbocycles. The van der Waals surface area contributed by atoms with Gasteiger partial charge in [-0.05, 0) is 18.9 Å². The smallest absolute Gasteiger partial charge is 0.217 e. The Morgan fingerprint density at radius 3 is 2.83 bits per heavy atom. The molecule has 0 aromatic heterocycles. The Kier molecular flexibility index (Phi) is 3.43. The first-order valence-corrected chi connectivity index (χ1v) is 6.12. The van der Waals surface area contributed by atoms with E-state index >= 15 is 0 Å². The average Bonchev–Trinajstić information content (AvgIpc) is 2.28. The van der Waals surface area contributed by atoms with Crippen molar-refractivity contribution in [1.82, 2.24) is 5.32 Å². The number of hydrogen-bond donors (Lipinski definition) is 2. The summed E-state index contributed by atoms with van der Waals surface area (Å²) in [7, 11) is 0. The maximum atomic E-state index is 13.4. The molecule has 3 N–H and O–H groups in total. The molecule has 0 bridgehead atoms. The van der Waals surface area contributed by atoms with Crippen molar-refractivity contribution in [1.29, 1.82) is 0 Å². The van der Waals surface area contributed by atoms with Crippen LogP contribution in [0.1, 0.15) is 19.8 Å². The van der Waals surface area contributed by atoms with Crippen molar-refractivity contribution in [2.45, 2.75) is 25.8 Å². The molecule has 1 fully saturated rings.